The average molecular weight is 788 g/mol. The van der Waals surface area contributed by atoms with E-state index in [0.717, 1.165) is 32.1 Å². The van der Waals surface area contributed by atoms with Crippen LogP contribution in [0.2, 0.25) is 0 Å². The second-order valence-electron chi connectivity index (χ2n) is 16.8. The summed E-state index contributed by atoms with van der Waals surface area (Å²) in [7, 11) is 1.37. The third-order valence-electron chi connectivity index (χ3n) is 10.1. The van der Waals surface area contributed by atoms with Crippen molar-refractivity contribution >= 4 is 13.8 Å². The zero-order valence-electron chi connectivity index (χ0n) is 36.4. The van der Waals surface area contributed by atoms with Crippen LogP contribution in [0.1, 0.15) is 213 Å². The molecule has 0 aliphatic carbocycles. The van der Waals surface area contributed by atoms with Crippen LogP contribution in [0.15, 0.2) is 12.2 Å². The van der Waals surface area contributed by atoms with E-state index in [2.05, 4.69) is 26.0 Å². The first-order chi connectivity index (χ1) is 26.1. The van der Waals surface area contributed by atoms with Gasteiger partial charge in [-0.2, -0.15) is 0 Å². The fourth-order valence-electron chi connectivity index (χ4n) is 6.48. The molecule has 0 aliphatic rings. The maximum atomic E-state index is 12.5. The van der Waals surface area contributed by atoms with Gasteiger partial charge in [0.05, 0.1) is 34.4 Å². The molecule has 0 aliphatic heterocycles. The molecule has 0 saturated carbocycles. The van der Waals surface area contributed by atoms with Gasteiger partial charge in [0.15, 0.2) is 0 Å². The molecule has 0 N–H and O–H groups in total. The molecule has 0 heterocycles. The van der Waals surface area contributed by atoms with Crippen LogP contribution in [0.25, 0.3) is 0 Å². The lowest BCUT2D eigenvalue weighted by Crippen LogP contribution is -2.37. The molecule has 9 heteroatoms. The second-order valence-corrected chi connectivity index (χ2v) is 18.2. The highest BCUT2D eigenvalue weighted by Gasteiger charge is 2.20. The summed E-state index contributed by atoms with van der Waals surface area (Å²) in [6.07, 6.45) is 42.7. The minimum absolute atomic E-state index is 0.0291. The molecule has 0 spiro atoms. The van der Waals surface area contributed by atoms with Crippen LogP contribution in [0.4, 0.5) is 0 Å². The Morgan fingerprint density at radius 3 is 1.41 bits per heavy atom. The van der Waals surface area contributed by atoms with Crippen LogP contribution in [0.3, 0.4) is 0 Å². The minimum atomic E-state index is -4.51. The lowest BCUT2D eigenvalue weighted by molar-refractivity contribution is -0.870. The predicted octanol–water partition coefficient (Wildman–Crippen LogP) is 12.8. The zero-order valence-corrected chi connectivity index (χ0v) is 37.3. The third-order valence-corrected chi connectivity index (χ3v) is 11.0. The molecular formula is C45H90NO7P. The number of carbonyl (C=O) groups excluding carboxylic acids is 1. The number of phosphoric acid groups is 1. The zero-order chi connectivity index (χ0) is 39.9. The number of carbonyl (C=O) groups is 1. The lowest BCUT2D eigenvalue weighted by Gasteiger charge is -2.28. The molecule has 0 saturated heterocycles. The number of nitrogens with zero attached hydrogens (tertiary/aromatic N) is 1. The molecule has 0 radical (unpaired) electrons. The third kappa shape index (κ3) is 42.4. The first-order valence-corrected chi connectivity index (χ1v) is 24.4. The molecular weight excluding hydrogens is 697 g/mol. The van der Waals surface area contributed by atoms with Gasteiger partial charge in [0.2, 0.25) is 0 Å². The molecule has 0 aromatic carbocycles. The van der Waals surface area contributed by atoms with Gasteiger partial charge < -0.3 is 27.9 Å². The first-order valence-electron chi connectivity index (χ1n) is 22.9. The summed E-state index contributed by atoms with van der Waals surface area (Å²) in [4.78, 5) is 24.8. The van der Waals surface area contributed by atoms with Crippen molar-refractivity contribution in [3.05, 3.63) is 12.2 Å². The number of esters is 1. The Hall–Kier alpha value is -0.760. The fourth-order valence-corrected chi connectivity index (χ4v) is 7.21. The van der Waals surface area contributed by atoms with E-state index in [4.69, 9.17) is 18.5 Å². The Morgan fingerprint density at radius 1 is 0.556 bits per heavy atom. The van der Waals surface area contributed by atoms with E-state index in [1.54, 1.807) is 0 Å². The normalized spacial score (nSPS) is 13.8. The molecule has 2 unspecified atom stereocenters. The summed E-state index contributed by atoms with van der Waals surface area (Å²) in [6, 6.07) is 0. The highest BCUT2D eigenvalue weighted by Crippen LogP contribution is 2.38. The van der Waals surface area contributed by atoms with Gasteiger partial charge in [-0.1, -0.05) is 180 Å². The summed E-state index contributed by atoms with van der Waals surface area (Å²) in [6.45, 7) is 5.38. The number of quaternary nitrogens is 1. The molecule has 2 atom stereocenters. The number of ether oxygens (including phenoxy) is 2. The number of phosphoric ester groups is 1. The summed E-state index contributed by atoms with van der Waals surface area (Å²) < 4.78 is 34.4. The Labute approximate surface area is 335 Å². The summed E-state index contributed by atoms with van der Waals surface area (Å²) in [5.41, 5.74) is 0. The number of hydrogen-bond acceptors (Lipinski definition) is 7. The fraction of sp³-hybridized carbons (Fsp3) is 0.933. The van der Waals surface area contributed by atoms with Crippen molar-refractivity contribution in [3.63, 3.8) is 0 Å². The van der Waals surface area contributed by atoms with Crippen LogP contribution >= 0.6 is 7.82 Å². The van der Waals surface area contributed by atoms with E-state index in [1.165, 1.54) is 161 Å². The Morgan fingerprint density at radius 2 is 0.963 bits per heavy atom. The van der Waals surface area contributed by atoms with E-state index in [9.17, 15) is 14.3 Å². The second kappa shape index (κ2) is 39.1. The molecule has 54 heavy (non-hydrogen) atoms. The van der Waals surface area contributed by atoms with Gasteiger partial charge in [-0.05, 0) is 38.5 Å². The topological polar surface area (TPSA) is 94.1 Å². The van der Waals surface area contributed by atoms with Gasteiger partial charge in [-0.3, -0.25) is 9.36 Å². The van der Waals surface area contributed by atoms with Crippen LogP contribution in [0, 0.1) is 0 Å². The quantitative estimate of drug-likeness (QED) is 0.0200. The summed E-state index contributed by atoms with van der Waals surface area (Å²) >= 11 is 0. The van der Waals surface area contributed by atoms with Gasteiger partial charge in [0.1, 0.15) is 19.3 Å². The van der Waals surface area contributed by atoms with E-state index >= 15 is 0 Å². The maximum absolute atomic E-state index is 12.5. The van der Waals surface area contributed by atoms with Crippen molar-refractivity contribution in [2.75, 3.05) is 54.1 Å². The number of unbranched alkanes of at least 4 members (excludes halogenated alkanes) is 27. The Bertz CT molecular complexity index is 879. The molecule has 8 nitrogen and oxygen atoms in total. The Kier molecular flexibility index (Phi) is 38.5. The monoisotopic (exact) mass is 788 g/mol. The van der Waals surface area contributed by atoms with Gasteiger partial charge in [0, 0.05) is 13.0 Å². The van der Waals surface area contributed by atoms with Gasteiger partial charge in [0.25, 0.3) is 7.82 Å². The molecule has 0 aromatic rings. The largest absolute Gasteiger partial charge is 0.756 e. The predicted molar refractivity (Wildman–Crippen MR) is 227 cm³/mol. The number of rotatable bonds is 43. The van der Waals surface area contributed by atoms with Gasteiger partial charge >= 0.3 is 5.97 Å². The lowest BCUT2D eigenvalue weighted by atomic mass is 10.0. The molecule has 0 aromatic heterocycles. The molecule has 322 valence electrons. The minimum Gasteiger partial charge on any atom is -0.756 e. The van der Waals surface area contributed by atoms with Crippen molar-refractivity contribution in [1.29, 1.82) is 0 Å². The van der Waals surface area contributed by atoms with E-state index in [1.807, 2.05) is 21.1 Å². The van der Waals surface area contributed by atoms with Crippen LogP contribution < -0.4 is 4.89 Å². The summed E-state index contributed by atoms with van der Waals surface area (Å²) in [5.74, 6) is -0.340. The standard InChI is InChI=1S/C45H90NO7P/c1-6-8-10-12-14-15-16-17-18-19-20-21-22-23-24-25-26-27-28-29-30-31-32-33-35-37-40-50-42-44(53-45(47)38-36-34-13-11-9-7-2)43-52-54(48,49)51-41-39-46(3,4)5/h19-20,44H,6-18,21-43H2,1-5H3/b20-19-. The first kappa shape index (κ1) is 53.2. The maximum Gasteiger partial charge on any atom is 0.306 e. The Balaban J connectivity index is 3.87. The van der Waals surface area contributed by atoms with Crippen molar-refractivity contribution < 1.29 is 37.3 Å². The van der Waals surface area contributed by atoms with Crippen molar-refractivity contribution in [2.45, 2.75) is 219 Å². The smallest absolute Gasteiger partial charge is 0.306 e. The highest BCUT2D eigenvalue weighted by atomic mass is 31.2. The number of hydrogen-bond donors (Lipinski definition) is 0. The van der Waals surface area contributed by atoms with Crippen molar-refractivity contribution in [3.8, 4) is 0 Å². The molecule has 0 fully saturated rings. The van der Waals surface area contributed by atoms with E-state index in [-0.39, 0.29) is 25.8 Å². The number of allylic oxidation sites excluding steroid dienone is 2. The van der Waals surface area contributed by atoms with Crippen LogP contribution in [-0.4, -0.2) is 70.7 Å². The van der Waals surface area contributed by atoms with E-state index in [0.29, 0.717) is 24.1 Å². The molecule has 0 bridgehead atoms. The van der Waals surface area contributed by atoms with Gasteiger partial charge in [-0.25, -0.2) is 0 Å². The SMILES string of the molecule is CCCCCCCCCC/C=C\CCCCCCCCCCCCCCCCOCC(COP(=O)([O-])OCC[N+](C)(C)C)OC(=O)CCCCCCCC. The summed E-state index contributed by atoms with van der Waals surface area (Å²) in [5, 5.41) is 0. The molecule has 0 rings (SSSR count). The highest BCUT2D eigenvalue weighted by molar-refractivity contribution is 7.45. The van der Waals surface area contributed by atoms with Crippen LogP contribution in [-0.2, 0) is 27.9 Å². The molecule has 0 amide bonds. The van der Waals surface area contributed by atoms with Crippen LogP contribution in [0.5, 0.6) is 0 Å². The van der Waals surface area contributed by atoms with Crippen molar-refractivity contribution in [1.82, 2.24) is 0 Å². The van der Waals surface area contributed by atoms with Crippen molar-refractivity contribution in [2.24, 2.45) is 0 Å². The number of likely N-dealkylation sites (N-methyl/N-ethyl adjacent to an activating group) is 1. The average Bonchev–Trinajstić information content (AvgIpc) is 3.12. The van der Waals surface area contributed by atoms with E-state index < -0.39 is 13.9 Å². The van der Waals surface area contributed by atoms with Gasteiger partial charge in [-0.15, -0.1) is 0 Å².